The van der Waals surface area contributed by atoms with Crippen LogP contribution in [0.2, 0.25) is 0 Å². The Bertz CT molecular complexity index is 1340. The highest BCUT2D eigenvalue weighted by atomic mass is 16.2. The Morgan fingerprint density at radius 3 is 2.32 bits per heavy atom. The summed E-state index contributed by atoms with van der Waals surface area (Å²) >= 11 is 0. The van der Waals surface area contributed by atoms with E-state index in [4.69, 9.17) is 10.1 Å². The molecule has 0 saturated heterocycles. The summed E-state index contributed by atoms with van der Waals surface area (Å²) in [6.07, 6.45) is 0. The van der Waals surface area contributed by atoms with Crippen molar-refractivity contribution in [2.24, 2.45) is 4.99 Å². The van der Waals surface area contributed by atoms with E-state index in [1.165, 1.54) is 0 Å². The predicted octanol–water partition coefficient (Wildman–Crippen LogP) is 4.77. The van der Waals surface area contributed by atoms with Gasteiger partial charge in [0.1, 0.15) is 0 Å². The van der Waals surface area contributed by atoms with Crippen LogP contribution < -0.4 is 10.2 Å². The molecule has 1 atom stereocenters. The van der Waals surface area contributed by atoms with Crippen molar-refractivity contribution >= 4 is 28.9 Å². The summed E-state index contributed by atoms with van der Waals surface area (Å²) in [6.45, 7) is 2.00. The fourth-order valence-electron chi connectivity index (χ4n) is 4.44. The fourth-order valence-corrected chi connectivity index (χ4v) is 4.44. The Morgan fingerprint density at radius 1 is 0.871 bits per heavy atom. The van der Waals surface area contributed by atoms with Crippen molar-refractivity contribution in [2.75, 3.05) is 10.2 Å². The Labute approximate surface area is 179 Å². The molecule has 2 aliphatic rings. The lowest BCUT2D eigenvalue weighted by Crippen LogP contribution is -2.48. The fraction of sp³-hybridized carbons (Fsp3) is 0.0800. The molecule has 3 heterocycles. The molecule has 0 bridgehead atoms. The zero-order chi connectivity index (χ0) is 20.9. The Hall–Kier alpha value is -4.19. The maximum absolute atomic E-state index is 13.1. The molecule has 31 heavy (non-hydrogen) atoms. The molecule has 0 radical (unpaired) electrons. The van der Waals surface area contributed by atoms with Gasteiger partial charge >= 0.3 is 0 Å². The molecule has 0 spiro atoms. The number of amidine groups is 1. The maximum Gasteiger partial charge on any atom is 0.291 e. The summed E-state index contributed by atoms with van der Waals surface area (Å²) in [5.41, 5.74) is 5.59. The standard InChI is InChI=1S/C25H19N5O/c1-16-21-22(17-10-4-2-5-11-17)29-20-15-9-8-14-19(20)26-25(31)24(29)27-23(21)30(28-16)18-12-6-3-7-13-18/h2-15,22H,1H3,(H,26,31)/t22-/m0/s1. The summed E-state index contributed by atoms with van der Waals surface area (Å²) in [7, 11) is 0. The Morgan fingerprint density at radius 2 is 1.55 bits per heavy atom. The number of carbonyl (C=O) groups is 1. The molecule has 1 amide bonds. The Balaban J connectivity index is 1.67. The summed E-state index contributed by atoms with van der Waals surface area (Å²) in [5, 5.41) is 7.82. The molecule has 0 aliphatic carbocycles. The van der Waals surface area contributed by atoms with Gasteiger partial charge in [0, 0.05) is 5.56 Å². The molecule has 4 aromatic rings. The first-order valence-corrected chi connectivity index (χ1v) is 10.2. The second kappa shape index (κ2) is 6.67. The summed E-state index contributed by atoms with van der Waals surface area (Å²) in [5.74, 6) is 0.846. The van der Waals surface area contributed by atoms with Crippen LogP contribution in [0.25, 0.3) is 5.69 Å². The molecule has 1 N–H and O–H groups in total. The molecule has 3 aromatic carbocycles. The third-order valence-electron chi connectivity index (χ3n) is 5.78. The molecule has 6 nitrogen and oxygen atoms in total. The highest BCUT2D eigenvalue weighted by Gasteiger charge is 2.42. The number of nitrogens with zero attached hydrogens (tertiary/aromatic N) is 4. The number of hydrogen-bond acceptors (Lipinski definition) is 4. The second-order valence-electron chi connectivity index (χ2n) is 7.66. The van der Waals surface area contributed by atoms with Crippen molar-refractivity contribution in [2.45, 2.75) is 13.0 Å². The minimum absolute atomic E-state index is 0.214. The average Bonchev–Trinajstić information content (AvgIpc) is 3.15. The SMILES string of the molecule is Cc1nn(-c2ccccc2)c2c1[C@H](c1ccccc1)N1C(=N2)C(=O)Nc2ccccc21. The Kier molecular flexibility index (Phi) is 3.80. The van der Waals surface area contributed by atoms with E-state index >= 15 is 0 Å². The zero-order valence-corrected chi connectivity index (χ0v) is 16.9. The molecule has 1 aromatic heterocycles. The van der Waals surface area contributed by atoms with Gasteiger partial charge in [0.15, 0.2) is 5.82 Å². The second-order valence-corrected chi connectivity index (χ2v) is 7.66. The number of nitrogens with one attached hydrogen (secondary N) is 1. The van der Waals surface area contributed by atoms with Crippen LogP contribution in [0.4, 0.5) is 17.2 Å². The van der Waals surface area contributed by atoms with Gasteiger partial charge in [-0.2, -0.15) is 5.10 Å². The summed E-state index contributed by atoms with van der Waals surface area (Å²) in [6, 6.07) is 27.7. The molecule has 2 aliphatic heterocycles. The third kappa shape index (κ3) is 2.61. The molecule has 0 unspecified atom stereocenters. The lowest BCUT2D eigenvalue weighted by atomic mass is 9.93. The van der Waals surface area contributed by atoms with Gasteiger partial charge in [-0.15, -0.1) is 0 Å². The summed E-state index contributed by atoms with van der Waals surface area (Å²) in [4.78, 5) is 20.0. The van der Waals surface area contributed by atoms with Crippen LogP contribution in [0, 0.1) is 6.92 Å². The number of benzene rings is 3. The van der Waals surface area contributed by atoms with E-state index in [9.17, 15) is 4.79 Å². The number of amides is 1. The van der Waals surface area contributed by atoms with E-state index < -0.39 is 0 Å². The van der Waals surface area contributed by atoms with E-state index in [0.29, 0.717) is 11.7 Å². The van der Waals surface area contributed by atoms with Crippen LogP contribution in [-0.2, 0) is 4.79 Å². The van der Waals surface area contributed by atoms with Gasteiger partial charge in [-0.25, -0.2) is 9.67 Å². The highest BCUT2D eigenvalue weighted by molar-refractivity contribution is 6.50. The van der Waals surface area contributed by atoms with Gasteiger partial charge < -0.3 is 10.2 Å². The van der Waals surface area contributed by atoms with Crippen LogP contribution in [0.5, 0.6) is 0 Å². The number of para-hydroxylation sites is 3. The first-order valence-electron chi connectivity index (χ1n) is 10.2. The van der Waals surface area contributed by atoms with Crippen LogP contribution in [0.15, 0.2) is 89.9 Å². The molecule has 6 heteroatoms. The van der Waals surface area contributed by atoms with Gasteiger partial charge in [0.05, 0.1) is 28.8 Å². The number of carbonyl (C=O) groups excluding carboxylic acids is 1. The first-order chi connectivity index (χ1) is 15.2. The largest absolute Gasteiger partial charge is 0.317 e. The van der Waals surface area contributed by atoms with E-state index in [-0.39, 0.29) is 11.9 Å². The molecule has 6 rings (SSSR count). The maximum atomic E-state index is 13.1. The number of anilines is 2. The van der Waals surface area contributed by atoms with Crippen molar-refractivity contribution in [3.05, 3.63) is 102 Å². The van der Waals surface area contributed by atoms with Gasteiger partial charge in [-0.1, -0.05) is 60.7 Å². The number of aromatic nitrogens is 2. The molecule has 0 fully saturated rings. The normalized spacial score (nSPS) is 16.7. The number of fused-ring (bicyclic) bond motifs is 4. The van der Waals surface area contributed by atoms with Gasteiger partial charge in [0.25, 0.3) is 5.91 Å². The van der Waals surface area contributed by atoms with Crippen LogP contribution in [0.1, 0.15) is 22.9 Å². The number of rotatable bonds is 2. The number of hydrogen-bond donors (Lipinski definition) is 1. The van der Waals surface area contributed by atoms with Gasteiger partial charge in [-0.3, -0.25) is 4.79 Å². The van der Waals surface area contributed by atoms with E-state index in [2.05, 4.69) is 17.4 Å². The van der Waals surface area contributed by atoms with E-state index in [0.717, 1.165) is 33.9 Å². The summed E-state index contributed by atoms with van der Waals surface area (Å²) < 4.78 is 1.83. The lowest BCUT2D eigenvalue weighted by Gasteiger charge is -2.40. The van der Waals surface area contributed by atoms with Gasteiger partial charge in [-0.05, 0) is 36.8 Å². The predicted molar refractivity (Wildman–Crippen MR) is 121 cm³/mol. The van der Waals surface area contributed by atoms with Crippen molar-refractivity contribution < 1.29 is 4.79 Å². The van der Waals surface area contributed by atoms with E-state index in [1.807, 2.05) is 89.3 Å². The number of aryl methyl sites for hydroxylation is 1. The molecule has 0 saturated carbocycles. The smallest absolute Gasteiger partial charge is 0.291 e. The van der Waals surface area contributed by atoms with Crippen molar-refractivity contribution in [3.63, 3.8) is 0 Å². The lowest BCUT2D eigenvalue weighted by molar-refractivity contribution is -0.110. The van der Waals surface area contributed by atoms with Crippen molar-refractivity contribution in [3.8, 4) is 5.69 Å². The van der Waals surface area contributed by atoms with E-state index in [1.54, 1.807) is 0 Å². The quantitative estimate of drug-likeness (QED) is 0.522. The van der Waals surface area contributed by atoms with Crippen molar-refractivity contribution in [1.29, 1.82) is 0 Å². The van der Waals surface area contributed by atoms with Crippen LogP contribution in [-0.4, -0.2) is 21.5 Å². The topological polar surface area (TPSA) is 62.5 Å². The number of aliphatic imine (C=N–C) groups is 1. The average molecular weight is 405 g/mol. The van der Waals surface area contributed by atoms with Crippen molar-refractivity contribution in [1.82, 2.24) is 9.78 Å². The van der Waals surface area contributed by atoms with Crippen LogP contribution in [0.3, 0.4) is 0 Å². The first kappa shape index (κ1) is 17.7. The minimum Gasteiger partial charge on any atom is -0.317 e. The minimum atomic E-state index is -0.219. The zero-order valence-electron chi connectivity index (χ0n) is 16.9. The molecule has 150 valence electrons. The molecular weight excluding hydrogens is 386 g/mol. The molecular formula is C25H19N5O. The monoisotopic (exact) mass is 405 g/mol. The third-order valence-corrected chi connectivity index (χ3v) is 5.78. The van der Waals surface area contributed by atoms with Gasteiger partial charge in [0.2, 0.25) is 5.84 Å². The van der Waals surface area contributed by atoms with Crippen LogP contribution >= 0.6 is 0 Å². The highest BCUT2D eigenvalue weighted by Crippen LogP contribution is 2.47.